The van der Waals surface area contributed by atoms with E-state index in [0.717, 1.165) is 0 Å². The van der Waals surface area contributed by atoms with Crippen LogP contribution in [0.4, 0.5) is 39.5 Å². The van der Waals surface area contributed by atoms with E-state index >= 15 is 0 Å². The predicted octanol–water partition coefficient (Wildman–Crippen LogP) is 4.57. The fourth-order valence-electron chi connectivity index (χ4n) is 1.94. The van der Waals surface area contributed by atoms with E-state index < -0.39 is 36.4 Å². The van der Waals surface area contributed by atoms with Crippen molar-refractivity contribution in [2.75, 3.05) is 0 Å². The Bertz CT molecular complexity index is 265. The standard InChI is InChI=1S/C10H14F9N/c1-2-3-4-5-6(20)7(8(11,12)13,9(14,15)16)10(17,18)19/h6H,2-5,20H2,1H3. The molecular formula is C10H14F9N. The molecule has 0 fully saturated rings. The van der Waals surface area contributed by atoms with Gasteiger partial charge in [-0.25, -0.2) is 0 Å². The van der Waals surface area contributed by atoms with Crippen LogP contribution in [0.5, 0.6) is 0 Å². The largest absolute Gasteiger partial charge is 0.413 e. The molecule has 0 aromatic heterocycles. The van der Waals surface area contributed by atoms with Gasteiger partial charge < -0.3 is 5.73 Å². The molecule has 0 aliphatic carbocycles. The minimum absolute atomic E-state index is 0.192. The Morgan fingerprint density at radius 3 is 1.35 bits per heavy atom. The maximum atomic E-state index is 12.6. The number of nitrogens with two attached hydrogens (primary N) is 1. The number of hydrogen-bond acceptors (Lipinski definition) is 1. The van der Waals surface area contributed by atoms with Gasteiger partial charge in [0.15, 0.2) is 0 Å². The van der Waals surface area contributed by atoms with E-state index in [1.807, 2.05) is 0 Å². The van der Waals surface area contributed by atoms with Crippen LogP contribution in [0.25, 0.3) is 0 Å². The lowest BCUT2D eigenvalue weighted by Gasteiger charge is -2.42. The zero-order chi connectivity index (χ0) is 16.4. The minimum atomic E-state index is -6.57. The Morgan fingerprint density at radius 2 is 1.10 bits per heavy atom. The quantitative estimate of drug-likeness (QED) is 0.583. The van der Waals surface area contributed by atoms with Gasteiger partial charge in [0, 0.05) is 6.04 Å². The molecule has 0 aliphatic rings. The first-order valence-electron chi connectivity index (χ1n) is 5.69. The Hall–Kier alpha value is -0.670. The van der Waals surface area contributed by atoms with Crippen molar-refractivity contribution >= 4 is 0 Å². The fourth-order valence-corrected chi connectivity index (χ4v) is 1.94. The molecule has 122 valence electrons. The smallest absolute Gasteiger partial charge is 0.326 e. The summed E-state index contributed by atoms with van der Waals surface area (Å²) in [6.07, 6.45) is -20.4. The zero-order valence-corrected chi connectivity index (χ0v) is 10.4. The number of hydrogen-bond donors (Lipinski definition) is 1. The van der Waals surface area contributed by atoms with Crippen LogP contribution in [0.1, 0.15) is 32.6 Å². The van der Waals surface area contributed by atoms with Gasteiger partial charge in [-0.15, -0.1) is 0 Å². The Morgan fingerprint density at radius 1 is 0.750 bits per heavy atom. The summed E-state index contributed by atoms with van der Waals surface area (Å²) in [7, 11) is 0. The van der Waals surface area contributed by atoms with Gasteiger partial charge in [-0.1, -0.05) is 26.2 Å². The van der Waals surface area contributed by atoms with Crippen LogP contribution >= 0.6 is 0 Å². The molecule has 0 heterocycles. The molecule has 0 rings (SSSR count). The summed E-state index contributed by atoms with van der Waals surface area (Å²) in [5, 5.41) is 0. The first-order chi connectivity index (χ1) is 8.73. The molecule has 1 atom stereocenters. The van der Waals surface area contributed by atoms with Gasteiger partial charge in [-0.2, -0.15) is 39.5 Å². The zero-order valence-electron chi connectivity index (χ0n) is 10.4. The van der Waals surface area contributed by atoms with Gasteiger partial charge in [0.2, 0.25) is 0 Å². The second kappa shape index (κ2) is 5.98. The first kappa shape index (κ1) is 19.3. The third-order valence-corrected chi connectivity index (χ3v) is 3.02. The van der Waals surface area contributed by atoms with E-state index in [2.05, 4.69) is 0 Å². The molecule has 0 aromatic rings. The molecule has 20 heavy (non-hydrogen) atoms. The lowest BCUT2D eigenvalue weighted by atomic mass is 9.76. The highest BCUT2D eigenvalue weighted by Gasteiger charge is 2.85. The molecule has 0 saturated heterocycles. The third-order valence-electron chi connectivity index (χ3n) is 3.02. The Labute approximate surface area is 109 Å². The summed E-state index contributed by atoms with van der Waals surface area (Å²) in [4.78, 5) is 0. The molecule has 0 saturated carbocycles. The van der Waals surface area contributed by atoms with Crippen molar-refractivity contribution in [2.45, 2.75) is 57.2 Å². The highest BCUT2D eigenvalue weighted by molar-refractivity contribution is 5.05. The van der Waals surface area contributed by atoms with Gasteiger partial charge in [-0.3, -0.25) is 0 Å². The van der Waals surface area contributed by atoms with Crippen molar-refractivity contribution in [3.05, 3.63) is 0 Å². The monoisotopic (exact) mass is 319 g/mol. The Kier molecular flexibility index (Phi) is 5.78. The van der Waals surface area contributed by atoms with Gasteiger partial charge >= 0.3 is 18.5 Å². The van der Waals surface area contributed by atoms with Crippen LogP contribution < -0.4 is 5.73 Å². The molecule has 0 aromatic carbocycles. The molecule has 0 bridgehead atoms. The number of rotatable bonds is 5. The van der Waals surface area contributed by atoms with Crippen molar-refractivity contribution in [1.29, 1.82) is 0 Å². The summed E-state index contributed by atoms with van der Waals surface area (Å²) in [5.41, 5.74) is -1.21. The molecule has 0 radical (unpaired) electrons. The average molecular weight is 319 g/mol. The highest BCUT2D eigenvalue weighted by Crippen LogP contribution is 2.61. The van der Waals surface area contributed by atoms with Crippen LogP contribution in [-0.4, -0.2) is 24.6 Å². The van der Waals surface area contributed by atoms with Gasteiger partial charge in [-0.05, 0) is 6.42 Å². The lowest BCUT2D eigenvalue weighted by molar-refractivity contribution is -0.433. The molecular weight excluding hydrogens is 305 g/mol. The number of alkyl halides is 9. The predicted molar refractivity (Wildman–Crippen MR) is 52.7 cm³/mol. The van der Waals surface area contributed by atoms with Crippen molar-refractivity contribution in [2.24, 2.45) is 11.1 Å². The fraction of sp³-hybridized carbons (Fsp3) is 1.00. The van der Waals surface area contributed by atoms with Crippen LogP contribution in [0.15, 0.2) is 0 Å². The molecule has 10 heteroatoms. The van der Waals surface area contributed by atoms with E-state index in [1.54, 1.807) is 6.92 Å². The topological polar surface area (TPSA) is 26.0 Å². The molecule has 0 aliphatic heterocycles. The third kappa shape index (κ3) is 3.32. The first-order valence-corrected chi connectivity index (χ1v) is 5.69. The van der Waals surface area contributed by atoms with E-state index in [0.29, 0.717) is 6.42 Å². The van der Waals surface area contributed by atoms with Crippen LogP contribution in [0.3, 0.4) is 0 Å². The van der Waals surface area contributed by atoms with Crippen molar-refractivity contribution in [3.63, 3.8) is 0 Å². The molecule has 1 unspecified atom stereocenters. The second-order valence-corrected chi connectivity index (χ2v) is 4.40. The van der Waals surface area contributed by atoms with Crippen molar-refractivity contribution < 1.29 is 39.5 Å². The normalized spacial score (nSPS) is 16.4. The van der Waals surface area contributed by atoms with E-state index in [9.17, 15) is 39.5 Å². The summed E-state index contributed by atoms with van der Waals surface area (Å²) in [6.45, 7) is 1.59. The highest BCUT2D eigenvalue weighted by atomic mass is 19.4. The summed E-state index contributed by atoms with van der Waals surface area (Å²) in [5.74, 6) is 0. The SMILES string of the molecule is CCCCCC(N)C(C(F)(F)F)(C(F)(F)F)C(F)(F)F. The molecule has 1 nitrogen and oxygen atoms in total. The summed E-state index contributed by atoms with van der Waals surface area (Å²) >= 11 is 0. The lowest BCUT2D eigenvalue weighted by Crippen LogP contribution is -2.68. The number of halogens is 9. The minimum Gasteiger partial charge on any atom is -0.326 e. The van der Waals surface area contributed by atoms with E-state index in [1.165, 1.54) is 0 Å². The molecule has 0 spiro atoms. The van der Waals surface area contributed by atoms with Crippen molar-refractivity contribution in [1.82, 2.24) is 0 Å². The van der Waals surface area contributed by atoms with E-state index in [4.69, 9.17) is 5.73 Å². The van der Waals surface area contributed by atoms with Gasteiger partial charge in [0.05, 0.1) is 0 Å². The molecule has 2 N–H and O–H groups in total. The van der Waals surface area contributed by atoms with Crippen LogP contribution in [-0.2, 0) is 0 Å². The summed E-state index contributed by atoms with van der Waals surface area (Å²) < 4.78 is 113. The number of unbranched alkanes of at least 4 members (excludes halogenated alkanes) is 2. The van der Waals surface area contributed by atoms with Crippen LogP contribution in [0, 0.1) is 5.41 Å². The summed E-state index contributed by atoms with van der Waals surface area (Å²) in [6, 6.07) is -3.13. The maximum absolute atomic E-state index is 12.6. The Balaban J connectivity index is 5.79. The van der Waals surface area contributed by atoms with E-state index in [-0.39, 0.29) is 12.8 Å². The molecule has 0 amide bonds. The van der Waals surface area contributed by atoms with Crippen LogP contribution in [0.2, 0.25) is 0 Å². The van der Waals surface area contributed by atoms with Crippen molar-refractivity contribution in [3.8, 4) is 0 Å². The van der Waals surface area contributed by atoms with Gasteiger partial charge in [0.25, 0.3) is 5.41 Å². The van der Waals surface area contributed by atoms with Gasteiger partial charge in [0.1, 0.15) is 0 Å². The average Bonchev–Trinajstić information content (AvgIpc) is 2.10. The second-order valence-electron chi connectivity index (χ2n) is 4.40. The maximum Gasteiger partial charge on any atom is 0.413 e.